The SMILES string of the molecule is CCOc1ccc(S(=O)(=O)N2C[C@@H](C(N)=O)[C@H](C3CCN(C)CC3)C2)cc1. The molecule has 8 heteroatoms. The third-order valence-corrected chi connectivity index (χ3v) is 7.68. The molecular formula is C19H29N3O4S. The number of nitrogens with two attached hydrogens (primary N) is 1. The first kappa shape index (κ1) is 20.1. The molecule has 2 aliphatic heterocycles. The molecule has 2 fully saturated rings. The van der Waals surface area contributed by atoms with E-state index in [0.29, 0.717) is 24.8 Å². The molecular weight excluding hydrogens is 366 g/mol. The Hall–Kier alpha value is -1.64. The van der Waals surface area contributed by atoms with Crippen LogP contribution in [-0.2, 0) is 14.8 Å². The van der Waals surface area contributed by atoms with Crippen LogP contribution in [0.25, 0.3) is 0 Å². The summed E-state index contributed by atoms with van der Waals surface area (Å²) in [6, 6.07) is 6.43. The number of benzene rings is 1. The van der Waals surface area contributed by atoms with Gasteiger partial charge in [-0.1, -0.05) is 0 Å². The van der Waals surface area contributed by atoms with Crippen molar-refractivity contribution >= 4 is 15.9 Å². The molecule has 0 aromatic heterocycles. The Labute approximate surface area is 161 Å². The lowest BCUT2D eigenvalue weighted by molar-refractivity contribution is -0.123. The molecule has 0 spiro atoms. The predicted octanol–water partition coefficient (Wildman–Crippen LogP) is 1.15. The Morgan fingerprint density at radius 1 is 1.19 bits per heavy atom. The molecule has 2 N–H and O–H groups in total. The molecule has 27 heavy (non-hydrogen) atoms. The summed E-state index contributed by atoms with van der Waals surface area (Å²) in [6.07, 6.45) is 1.95. The minimum atomic E-state index is -3.66. The molecule has 0 bridgehead atoms. The molecule has 1 amide bonds. The zero-order valence-corrected chi connectivity index (χ0v) is 16.8. The quantitative estimate of drug-likeness (QED) is 0.780. The Balaban J connectivity index is 1.78. The molecule has 1 aromatic rings. The van der Waals surface area contributed by atoms with E-state index in [0.717, 1.165) is 25.9 Å². The number of nitrogens with zero attached hydrogens (tertiary/aromatic N) is 2. The first-order chi connectivity index (χ1) is 12.8. The molecule has 3 rings (SSSR count). The molecule has 2 aliphatic rings. The van der Waals surface area contributed by atoms with Crippen molar-refractivity contribution < 1.29 is 17.9 Å². The first-order valence-electron chi connectivity index (χ1n) is 9.53. The Morgan fingerprint density at radius 3 is 2.37 bits per heavy atom. The zero-order chi connectivity index (χ0) is 19.6. The van der Waals surface area contributed by atoms with Gasteiger partial charge in [-0.15, -0.1) is 0 Å². The van der Waals surface area contributed by atoms with Crippen molar-refractivity contribution in [1.29, 1.82) is 0 Å². The maximum absolute atomic E-state index is 13.1. The normalized spacial score (nSPS) is 25.6. The smallest absolute Gasteiger partial charge is 0.243 e. The van der Waals surface area contributed by atoms with Crippen LogP contribution in [-0.4, -0.2) is 63.4 Å². The lowest BCUT2D eigenvalue weighted by Crippen LogP contribution is -2.38. The minimum absolute atomic E-state index is 0.00586. The summed E-state index contributed by atoms with van der Waals surface area (Å²) in [6.45, 7) is 4.87. The van der Waals surface area contributed by atoms with Gasteiger partial charge in [-0.25, -0.2) is 8.42 Å². The van der Waals surface area contributed by atoms with E-state index < -0.39 is 21.8 Å². The van der Waals surface area contributed by atoms with Gasteiger partial charge in [-0.3, -0.25) is 4.79 Å². The second-order valence-electron chi connectivity index (χ2n) is 7.54. The average molecular weight is 396 g/mol. The van der Waals surface area contributed by atoms with Crippen LogP contribution in [0.1, 0.15) is 19.8 Å². The molecule has 7 nitrogen and oxygen atoms in total. The molecule has 2 atom stereocenters. The second kappa shape index (κ2) is 8.16. The van der Waals surface area contributed by atoms with E-state index in [9.17, 15) is 13.2 Å². The highest BCUT2D eigenvalue weighted by molar-refractivity contribution is 7.89. The molecule has 1 aromatic carbocycles. The van der Waals surface area contributed by atoms with Gasteiger partial charge in [-0.2, -0.15) is 4.31 Å². The van der Waals surface area contributed by atoms with Crippen LogP contribution < -0.4 is 10.5 Å². The van der Waals surface area contributed by atoms with Gasteiger partial charge in [0.15, 0.2) is 0 Å². The topological polar surface area (TPSA) is 92.9 Å². The number of likely N-dealkylation sites (tertiary alicyclic amines) is 1. The van der Waals surface area contributed by atoms with Gasteiger partial charge in [-0.05, 0) is 76.0 Å². The van der Waals surface area contributed by atoms with Crippen molar-refractivity contribution in [2.45, 2.75) is 24.7 Å². The number of hydrogen-bond donors (Lipinski definition) is 1. The van der Waals surface area contributed by atoms with E-state index in [-0.39, 0.29) is 17.4 Å². The van der Waals surface area contributed by atoms with Gasteiger partial charge in [0.25, 0.3) is 0 Å². The Bertz CT molecular complexity index is 758. The number of sulfonamides is 1. The van der Waals surface area contributed by atoms with E-state index in [1.165, 1.54) is 4.31 Å². The molecule has 150 valence electrons. The Morgan fingerprint density at radius 2 is 1.81 bits per heavy atom. The zero-order valence-electron chi connectivity index (χ0n) is 16.0. The van der Waals surface area contributed by atoms with E-state index >= 15 is 0 Å². The second-order valence-corrected chi connectivity index (χ2v) is 9.48. The fourth-order valence-electron chi connectivity index (χ4n) is 4.25. The Kier molecular flexibility index (Phi) is 6.08. The van der Waals surface area contributed by atoms with E-state index in [2.05, 4.69) is 11.9 Å². The van der Waals surface area contributed by atoms with E-state index in [4.69, 9.17) is 10.5 Å². The van der Waals surface area contributed by atoms with Gasteiger partial charge < -0.3 is 15.4 Å². The highest BCUT2D eigenvalue weighted by atomic mass is 32.2. The summed E-state index contributed by atoms with van der Waals surface area (Å²) >= 11 is 0. The minimum Gasteiger partial charge on any atom is -0.494 e. The lowest BCUT2D eigenvalue weighted by atomic mass is 9.78. The summed E-state index contributed by atoms with van der Waals surface area (Å²) in [5, 5.41) is 0. The van der Waals surface area contributed by atoms with Gasteiger partial charge in [0.1, 0.15) is 5.75 Å². The number of ether oxygens (including phenoxy) is 1. The number of carbonyl (C=O) groups is 1. The number of primary amides is 1. The third kappa shape index (κ3) is 4.28. The molecule has 0 radical (unpaired) electrons. The summed E-state index contributed by atoms with van der Waals surface area (Å²) in [4.78, 5) is 14.5. The van der Waals surface area contributed by atoms with Crippen LogP contribution in [0.2, 0.25) is 0 Å². The first-order valence-corrected chi connectivity index (χ1v) is 11.0. The molecule has 0 aliphatic carbocycles. The maximum Gasteiger partial charge on any atom is 0.243 e. The van der Waals surface area contributed by atoms with Crippen LogP contribution in [0, 0.1) is 17.8 Å². The maximum atomic E-state index is 13.1. The van der Waals surface area contributed by atoms with Crippen molar-refractivity contribution in [2.75, 3.05) is 39.8 Å². The average Bonchev–Trinajstić information content (AvgIpc) is 3.10. The fourth-order valence-corrected chi connectivity index (χ4v) is 5.75. The van der Waals surface area contributed by atoms with Crippen LogP contribution in [0.3, 0.4) is 0 Å². The van der Waals surface area contributed by atoms with Crippen molar-refractivity contribution in [3.63, 3.8) is 0 Å². The largest absolute Gasteiger partial charge is 0.494 e. The summed E-state index contributed by atoms with van der Waals surface area (Å²) in [5.41, 5.74) is 5.63. The number of piperidine rings is 1. The van der Waals surface area contributed by atoms with Crippen LogP contribution in [0.4, 0.5) is 0 Å². The van der Waals surface area contributed by atoms with Crippen LogP contribution >= 0.6 is 0 Å². The van der Waals surface area contributed by atoms with Gasteiger partial charge in [0.05, 0.1) is 17.4 Å². The third-order valence-electron chi connectivity index (χ3n) is 5.84. The fraction of sp³-hybridized carbons (Fsp3) is 0.632. The summed E-state index contributed by atoms with van der Waals surface area (Å²) in [7, 11) is -1.58. The van der Waals surface area contributed by atoms with E-state index in [1.54, 1.807) is 24.3 Å². The number of hydrogen-bond acceptors (Lipinski definition) is 5. The predicted molar refractivity (Wildman–Crippen MR) is 103 cm³/mol. The van der Waals surface area contributed by atoms with Gasteiger partial charge in [0, 0.05) is 13.1 Å². The molecule has 0 saturated carbocycles. The van der Waals surface area contributed by atoms with E-state index in [1.807, 2.05) is 6.92 Å². The number of carbonyl (C=O) groups excluding carboxylic acids is 1. The van der Waals surface area contributed by atoms with Crippen molar-refractivity contribution in [1.82, 2.24) is 9.21 Å². The van der Waals surface area contributed by atoms with Crippen LogP contribution in [0.5, 0.6) is 5.75 Å². The van der Waals surface area contributed by atoms with Gasteiger partial charge in [0.2, 0.25) is 15.9 Å². The van der Waals surface area contributed by atoms with Crippen molar-refractivity contribution in [3.05, 3.63) is 24.3 Å². The highest BCUT2D eigenvalue weighted by Gasteiger charge is 2.45. The highest BCUT2D eigenvalue weighted by Crippen LogP contribution is 2.37. The van der Waals surface area contributed by atoms with Crippen molar-refractivity contribution in [2.24, 2.45) is 23.5 Å². The monoisotopic (exact) mass is 395 g/mol. The number of amides is 1. The molecule has 2 saturated heterocycles. The van der Waals surface area contributed by atoms with Gasteiger partial charge >= 0.3 is 0 Å². The van der Waals surface area contributed by atoms with Crippen molar-refractivity contribution in [3.8, 4) is 5.75 Å². The summed E-state index contributed by atoms with van der Waals surface area (Å²) in [5.74, 6) is 0.143. The standard InChI is InChI=1S/C19H29N3O4S/c1-3-26-15-4-6-16(7-5-15)27(24,25)22-12-17(18(13-22)19(20)23)14-8-10-21(2)11-9-14/h4-7,14,17-18H,3,8-13H2,1-2H3,(H2,20,23)/t17-,18+/m0/s1. The molecule has 0 unspecified atom stereocenters. The molecule has 2 heterocycles. The summed E-state index contributed by atoms with van der Waals surface area (Å²) < 4.78 is 33.0. The lowest BCUT2D eigenvalue weighted by Gasteiger charge is -2.34. The number of rotatable bonds is 6. The van der Waals surface area contributed by atoms with Crippen LogP contribution in [0.15, 0.2) is 29.2 Å².